The topological polar surface area (TPSA) is 58.5 Å². The SMILES string of the molecule is CC.CC1(C)CC/C(=N/Nc2ccccc2)C(=O)C1.CC1(C)CCC(=O)CC1. The van der Waals surface area contributed by atoms with Gasteiger partial charge in [0, 0.05) is 19.3 Å². The molecule has 0 aliphatic heterocycles. The molecule has 1 N–H and O–H groups in total. The molecule has 2 aliphatic rings. The van der Waals surface area contributed by atoms with Crippen LogP contribution in [0.2, 0.25) is 0 Å². The molecule has 3 rings (SSSR count). The molecule has 2 fully saturated rings. The summed E-state index contributed by atoms with van der Waals surface area (Å²) < 4.78 is 0. The zero-order chi connectivity index (χ0) is 21.2. The Kier molecular flexibility index (Phi) is 9.57. The van der Waals surface area contributed by atoms with E-state index < -0.39 is 0 Å². The van der Waals surface area contributed by atoms with Gasteiger partial charge in [0.1, 0.15) is 11.5 Å². The molecular weight excluding hydrogens is 348 g/mol. The fraction of sp³-hybridized carbons (Fsp3) is 0.625. The van der Waals surface area contributed by atoms with Crippen molar-refractivity contribution < 1.29 is 9.59 Å². The molecule has 28 heavy (non-hydrogen) atoms. The average Bonchev–Trinajstić information content (AvgIpc) is 2.66. The Bertz CT molecular complexity index is 648. The van der Waals surface area contributed by atoms with E-state index in [0.717, 1.165) is 44.2 Å². The van der Waals surface area contributed by atoms with Gasteiger partial charge in [-0.25, -0.2) is 0 Å². The number of hydrazone groups is 1. The Morgan fingerprint density at radius 1 is 0.821 bits per heavy atom. The maximum absolute atomic E-state index is 11.9. The van der Waals surface area contributed by atoms with Crippen molar-refractivity contribution in [3.8, 4) is 0 Å². The number of carbonyl (C=O) groups is 2. The highest BCUT2D eigenvalue weighted by Crippen LogP contribution is 2.33. The number of nitrogens with one attached hydrogen (secondary N) is 1. The second-order valence-electron chi connectivity index (χ2n) is 9.00. The first-order valence-corrected chi connectivity index (χ1v) is 10.6. The van der Waals surface area contributed by atoms with Crippen molar-refractivity contribution in [2.75, 3.05) is 5.43 Å². The summed E-state index contributed by atoms with van der Waals surface area (Å²) in [5.41, 5.74) is 5.09. The van der Waals surface area contributed by atoms with E-state index in [1.807, 2.05) is 44.2 Å². The largest absolute Gasteiger partial charge is 0.300 e. The lowest BCUT2D eigenvalue weighted by molar-refractivity contribution is -0.122. The number of hydrogen-bond donors (Lipinski definition) is 1. The van der Waals surface area contributed by atoms with Gasteiger partial charge >= 0.3 is 0 Å². The minimum atomic E-state index is 0.128. The van der Waals surface area contributed by atoms with Gasteiger partial charge in [-0.2, -0.15) is 5.10 Å². The highest BCUT2D eigenvalue weighted by atomic mass is 16.1. The third-order valence-electron chi connectivity index (χ3n) is 5.25. The van der Waals surface area contributed by atoms with Gasteiger partial charge in [-0.1, -0.05) is 59.7 Å². The Labute approximate surface area is 171 Å². The van der Waals surface area contributed by atoms with Gasteiger partial charge in [0.2, 0.25) is 0 Å². The maximum atomic E-state index is 11.9. The molecule has 0 aromatic heterocycles. The second-order valence-corrected chi connectivity index (χ2v) is 9.00. The smallest absolute Gasteiger partial charge is 0.179 e. The molecule has 0 spiro atoms. The van der Waals surface area contributed by atoms with Crippen molar-refractivity contribution in [2.24, 2.45) is 15.9 Å². The van der Waals surface area contributed by atoms with E-state index in [1.54, 1.807) is 0 Å². The van der Waals surface area contributed by atoms with E-state index in [9.17, 15) is 9.59 Å². The van der Waals surface area contributed by atoms with Crippen LogP contribution in [0, 0.1) is 10.8 Å². The van der Waals surface area contributed by atoms with Crippen molar-refractivity contribution in [3.05, 3.63) is 30.3 Å². The van der Waals surface area contributed by atoms with Crippen molar-refractivity contribution in [2.45, 2.75) is 86.5 Å². The van der Waals surface area contributed by atoms with Gasteiger partial charge in [0.25, 0.3) is 0 Å². The summed E-state index contributed by atoms with van der Waals surface area (Å²) in [5, 5.41) is 4.22. The number of benzene rings is 1. The zero-order valence-electron chi connectivity index (χ0n) is 18.6. The van der Waals surface area contributed by atoms with Gasteiger partial charge in [-0.05, 0) is 48.6 Å². The molecule has 0 radical (unpaired) electrons. The Hall–Kier alpha value is -1.97. The van der Waals surface area contributed by atoms with Crippen LogP contribution >= 0.6 is 0 Å². The predicted octanol–water partition coefficient (Wildman–Crippen LogP) is 6.42. The lowest BCUT2D eigenvalue weighted by Gasteiger charge is -2.28. The summed E-state index contributed by atoms with van der Waals surface area (Å²) in [6.07, 6.45) is 6.19. The van der Waals surface area contributed by atoms with Crippen molar-refractivity contribution in [1.82, 2.24) is 0 Å². The molecule has 2 aliphatic carbocycles. The molecule has 4 nitrogen and oxygen atoms in total. The minimum Gasteiger partial charge on any atom is -0.300 e. The third-order valence-corrected chi connectivity index (χ3v) is 5.25. The van der Waals surface area contributed by atoms with Crippen LogP contribution in [0.4, 0.5) is 5.69 Å². The summed E-state index contributed by atoms with van der Waals surface area (Å²) in [6.45, 7) is 12.7. The monoisotopic (exact) mass is 386 g/mol. The van der Waals surface area contributed by atoms with Crippen LogP contribution in [0.25, 0.3) is 0 Å². The van der Waals surface area contributed by atoms with Gasteiger partial charge in [0.15, 0.2) is 5.78 Å². The zero-order valence-corrected chi connectivity index (χ0v) is 18.6. The Morgan fingerprint density at radius 3 is 1.86 bits per heavy atom. The van der Waals surface area contributed by atoms with Gasteiger partial charge in [0.05, 0.1) is 5.69 Å². The van der Waals surface area contributed by atoms with E-state index in [2.05, 4.69) is 38.2 Å². The Balaban J connectivity index is 0.000000301. The van der Waals surface area contributed by atoms with E-state index >= 15 is 0 Å². The van der Waals surface area contributed by atoms with Crippen molar-refractivity contribution in [3.63, 3.8) is 0 Å². The summed E-state index contributed by atoms with van der Waals surface area (Å²) in [4.78, 5) is 22.6. The van der Waals surface area contributed by atoms with Gasteiger partial charge < -0.3 is 0 Å². The fourth-order valence-corrected chi connectivity index (χ4v) is 3.19. The normalized spacial score (nSPS) is 21.7. The number of rotatable bonds is 2. The first-order valence-electron chi connectivity index (χ1n) is 10.6. The summed E-state index contributed by atoms with van der Waals surface area (Å²) in [5.74, 6) is 0.624. The van der Waals surface area contributed by atoms with Crippen LogP contribution in [-0.2, 0) is 9.59 Å². The second kappa shape index (κ2) is 11.1. The van der Waals surface area contributed by atoms with Crippen LogP contribution in [0.5, 0.6) is 0 Å². The lowest BCUT2D eigenvalue weighted by Crippen LogP contribution is -2.30. The molecule has 0 saturated heterocycles. The standard InChI is InChI=1S/C14H18N2O.C8H14O.C2H6/c1-14(2)9-8-12(13(17)10-14)16-15-11-6-4-3-5-7-11;1-8(2)5-3-7(9)4-6-8;1-2/h3-7,15H,8-10H2,1-2H3;3-6H2,1-2H3;1-2H3/b16-12-;;. The molecule has 4 heteroatoms. The van der Waals surface area contributed by atoms with Crippen LogP contribution in [0.1, 0.15) is 86.5 Å². The third kappa shape index (κ3) is 8.81. The quantitative estimate of drug-likeness (QED) is 0.597. The van der Waals surface area contributed by atoms with E-state index in [-0.39, 0.29) is 11.2 Å². The van der Waals surface area contributed by atoms with E-state index in [0.29, 0.717) is 23.3 Å². The molecular formula is C24H38N2O2. The number of carbonyl (C=O) groups excluding carboxylic acids is 2. The molecule has 156 valence electrons. The number of anilines is 1. The first-order chi connectivity index (χ1) is 13.2. The summed E-state index contributed by atoms with van der Waals surface area (Å²) >= 11 is 0. The van der Waals surface area contributed by atoms with Crippen LogP contribution in [-0.4, -0.2) is 17.3 Å². The molecule has 0 atom stereocenters. The number of para-hydroxylation sites is 1. The molecule has 1 aromatic carbocycles. The van der Waals surface area contributed by atoms with Gasteiger partial charge in [-0.3, -0.25) is 15.0 Å². The number of Topliss-reactive ketones (excluding diaryl/α,β-unsaturated/α-hetero) is 2. The number of nitrogens with zero attached hydrogens (tertiary/aromatic N) is 1. The van der Waals surface area contributed by atoms with Crippen LogP contribution < -0.4 is 5.43 Å². The van der Waals surface area contributed by atoms with E-state index in [4.69, 9.17) is 0 Å². The highest BCUT2D eigenvalue weighted by molar-refractivity contribution is 6.40. The fourth-order valence-electron chi connectivity index (χ4n) is 3.19. The highest BCUT2D eigenvalue weighted by Gasteiger charge is 2.30. The summed E-state index contributed by atoms with van der Waals surface area (Å²) in [7, 11) is 0. The van der Waals surface area contributed by atoms with Crippen LogP contribution in [0.3, 0.4) is 0 Å². The molecule has 2 saturated carbocycles. The molecule has 1 aromatic rings. The van der Waals surface area contributed by atoms with E-state index in [1.165, 1.54) is 0 Å². The Morgan fingerprint density at radius 2 is 1.36 bits per heavy atom. The molecule has 0 bridgehead atoms. The number of hydrogen-bond acceptors (Lipinski definition) is 4. The van der Waals surface area contributed by atoms with Gasteiger partial charge in [-0.15, -0.1) is 0 Å². The minimum absolute atomic E-state index is 0.128. The molecule has 0 unspecified atom stereocenters. The van der Waals surface area contributed by atoms with Crippen LogP contribution in [0.15, 0.2) is 35.4 Å². The predicted molar refractivity (Wildman–Crippen MR) is 119 cm³/mol. The van der Waals surface area contributed by atoms with Crippen molar-refractivity contribution >= 4 is 23.0 Å². The lowest BCUT2D eigenvalue weighted by atomic mass is 9.76. The summed E-state index contributed by atoms with van der Waals surface area (Å²) in [6, 6.07) is 9.69. The average molecular weight is 387 g/mol. The van der Waals surface area contributed by atoms with Crippen molar-refractivity contribution in [1.29, 1.82) is 0 Å². The maximum Gasteiger partial charge on any atom is 0.179 e. The molecule has 0 amide bonds. The first kappa shape index (κ1) is 24.1. The molecule has 0 heterocycles. The number of ketones is 2.